The Kier molecular flexibility index (Phi) is 3.45. The first-order valence-electron chi connectivity index (χ1n) is 4.65. The van der Waals surface area contributed by atoms with Gasteiger partial charge in [-0.1, -0.05) is 35.3 Å². The zero-order chi connectivity index (χ0) is 12.4. The van der Waals surface area contributed by atoms with Gasteiger partial charge >= 0.3 is 0 Å². The van der Waals surface area contributed by atoms with E-state index in [1.165, 1.54) is 7.11 Å². The predicted molar refractivity (Wildman–Crippen MR) is 64.0 cm³/mol. The first-order chi connectivity index (χ1) is 8.13. The molecule has 0 aliphatic carbocycles. The Morgan fingerprint density at radius 1 is 1.12 bits per heavy atom. The molecule has 1 aromatic heterocycles. The fraction of sp³-hybridized carbons (Fsp3) is 0.0909. The van der Waals surface area contributed by atoms with Crippen molar-refractivity contribution < 1.29 is 9.13 Å². The van der Waals surface area contributed by atoms with Crippen LogP contribution in [-0.2, 0) is 0 Å². The van der Waals surface area contributed by atoms with Crippen LogP contribution in [0.5, 0.6) is 5.75 Å². The highest BCUT2D eigenvalue weighted by Gasteiger charge is 2.14. The number of nitrogens with zero attached hydrogens (tertiary/aromatic N) is 2. The smallest absolute Gasteiger partial charge is 0.197 e. The SMILES string of the molecule is COc1ccccc1-c1nc(Cl)c(F)c(Cl)n1. The van der Waals surface area contributed by atoms with Gasteiger partial charge in [-0.3, -0.25) is 0 Å². The van der Waals surface area contributed by atoms with Crippen molar-refractivity contribution in [3.8, 4) is 17.1 Å². The van der Waals surface area contributed by atoms with Crippen LogP contribution >= 0.6 is 23.2 Å². The van der Waals surface area contributed by atoms with Crippen molar-refractivity contribution in [3.63, 3.8) is 0 Å². The number of ether oxygens (including phenoxy) is 1. The molecule has 0 bridgehead atoms. The molecule has 2 rings (SSSR count). The van der Waals surface area contributed by atoms with Crippen molar-refractivity contribution in [2.45, 2.75) is 0 Å². The fourth-order valence-electron chi connectivity index (χ4n) is 1.34. The second-order valence-electron chi connectivity index (χ2n) is 3.14. The lowest BCUT2D eigenvalue weighted by atomic mass is 10.2. The number of para-hydroxylation sites is 1. The number of halogens is 3. The zero-order valence-corrected chi connectivity index (χ0v) is 10.3. The first-order valence-corrected chi connectivity index (χ1v) is 5.41. The summed E-state index contributed by atoms with van der Waals surface area (Å²) in [5, 5.41) is -0.628. The summed E-state index contributed by atoms with van der Waals surface area (Å²) in [4.78, 5) is 7.65. The van der Waals surface area contributed by atoms with E-state index in [4.69, 9.17) is 27.9 Å². The highest BCUT2D eigenvalue weighted by atomic mass is 35.5. The van der Waals surface area contributed by atoms with E-state index in [2.05, 4.69) is 9.97 Å². The average molecular weight is 273 g/mol. The van der Waals surface area contributed by atoms with Crippen LogP contribution in [0.3, 0.4) is 0 Å². The molecule has 0 saturated carbocycles. The first kappa shape index (κ1) is 12.1. The van der Waals surface area contributed by atoms with Gasteiger partial charge in [-0.15, -0.1) is 0 Å². The van der Waals surface area contributed by atoms with E-state index in [-0.39, 0.29) is 16.1 Å². The van der Waals surface area contributed by atoms with Crippen molar-refractivity contribution in [3.05, 3.63) is 40.4 Å². The van der Waals surface area contributed by atoms with Crippen molar-refractivity contribution in [2.24, 2.45) is 0 Å². The summed E-state index contributed by atoms with van der Waals surface area (Å²) < 4.78 is 18.3. The third kappa shape index (κ3) is 2.33. The molecule has 0 saturated heterocycles. The van der Waals surface area contributed by atoms with Gasteiger partial charge in [0.1, 0.15) is 5.75 Å². The topological polar surface area (TPSA) is 35.0 Å². The maximum Gasteiger partial charge on any atom is 0.197 e. The highest BCUT2D eigenvalue weighted by Crippen LogP contribution is 2.29. The largest absolute Gasteiger partial charge is 0.496 e. The van der Waals surface area contributed by atoms with Crippen LogP contribution in [0.25, 0.3) is 11.4 Å². The summed E-state index contributed by atoms with van der Waals surface area (Å²) in [6.45, 7) is 0. The molecule has 0 fully saturated rings. The lowest BCUT2D eigenvalue weighted by molar-refractivity contribution is 0.416. The van der Waals surface area contributed by atoms with Crippen LogP contribution in [0.15, 0.2) is 24.3 Å². The molecule has 0 aliphatic heterocycles. The molecule has 1 aromatic carbocycles. The van der Waals surface area contributed by atoms with Gasteiger partial charge in [-0.05, 0) is 12.1 Å². The molecule has 0 unspecified atom stereocenters. The van der Waals surface area contributed by atoms with Gasteiger partial charge in [0.05, 0.1) is 12.7 Å². The number of benzene rings is 1. The third-order valence-corrected chi connectivity index (χ3v) is 2.62. The molecule has 17 heavy (non-hydrogen) atoms. The minimum atomic E-state index is -0.827. The van der Waals surface area contributed by atoms with Crippen LogP contribution in [0.4, 0.5) is 4.39 Å². The standard InChI is InChI=1S/C11H7Cl2FN2O/c1-17-7-5-3-2-4-6(7)11-15-9(12)8(14)10(13)16-11/h2-5H,1H3. The summed E-state index contributed by atoms with van der Waals surface area (Å²) in [5.41, 5.74) is 0.596. The van der Waals surface area contributed by atoms with E-state index in [1.807, 2.05) is 0 Å². The van der Waals surface area contributed by atoms with E-state index in [0.717, 1.165) is 0 Å². The second kappa shape index (κ2) is 4.85. The summed E-state index contributed by atoms with van der Waals surface area (Å²) in [7, 11) is 1.52. The number of hydrogen-bond donors (Lipinski definition) is 0. The Morgan fingerprint density at radius 2 is 1.71 bits per heavy atom. The maximum atomic E-state index is 13.2. The van der Waals surface area contributed by atoms with E-state index >= 15 is 0 Å². The van der Waals surface area contributed by atoms with Gasteiger partial charge in [0.25, 0.3) is 0 Å². The van der Waals surface area contributed by atoms with Crippen LogP contribution in [0, 0.1) is 5.82 Å². The average Bonchev–Trinajstić information content (AvgIpc) is 2.35. The molecule has 0 amide bonds. The van der Waals surface area contributed by atoms with Crippen LogP contribution < -0.4 is 4.74 Å². The Balaban J connectivity index is 2.61. The summed E-state index contributed by atoms with van der Waals surface area (Å²) in [6.07, 6.45) is 0. The molecule has 2 aromatic rings. The molecule has 6 heteroatoms. The summed E-state index contributed by atoms with van der Waals surface area (Å²) in [5.74, 6) is -0.0444. The normalized spacial score (nSPS) is 10.4. The van der Waals surface area contributed by atoms with Crippen molar-refractivity contribution >= 4 is 23.2 Å². The molecular formula is C11H7Cl2FN2O. The quantitative estimate of drug-likeness (QED) is 0.784. The number of hydrogen-bond acceptors (Lipinski definition) is 3. The van der Waals surface area contributed by atoms with E-state index < -0.39 is 5.82 Å². The number of rotatable bonds is 2. The Bertz CT molecular complexity index is 540. The van der Waals surface area contributed by atoms with E-state index in [9.17, 15) is 4.39 Å². The van der Waals surface area contributed by atoms with Gasteiger partial charge in [0, 0.05) is 0 Å². The lowest BCUT2D eigenvalue weighted by Gasteiger charge is -2.07. The highest BCUT2D eigenvalue weighted by molar-refractivity contribution is 6.33. The summed E-state index contributed by atoms with van der Waals surface area (Å²) >= 11 is 11.2. The molecule has 1 heterocycles. The molecule has 0 aliphatic rings. The zero-order valence-electron chi connectivity index (χ0n) is 8.75. The van der Waals surface area contributed by atoms with E-state index in [0.29, 0.717) is 11.3 Å². The Hall–Kier alpha value is -1.39. The third-order valence-electron chi connectivity index (χ3n) is 2.12. The van der Waals surface area contributed by atoms with Crippen molar-refractivity contribution in [2.75, 3.05) is 7.11 Å². The van der Waals surface area contributed by atoms with Crippen LogP contribution in [-0.4, -0.2) is 17.1 Å². The van der Waals surface area contributed by atoms with Crippen molar-refractivity contribution in [1.29, 1.82) is 0 Å². The van der Waals surface area contributed by atoms with Gasteiger partial charge in [-0.25, -0.2) is 14.4 Å². The monoisotopic (exact) mass is 272 g/mol. The molecule has 3 nitrogen and oxygen atoms in total. The van der Waals surface area contributed by atoms with Gasteiger partial charge < -0.3 is 4.74 Å². The summed E-state index contributed by atoms with van der Waals surface area (Å²) in [6, 6.07) is 7.06. The lowest BCUT2D eigenvalue weighted by Crippen LogP contribution is -1.96. The molecular weight excluding hydrogens is 266 g/mol. The number of methoxy groups -OCH3 is 1. The Morgan fingerprint density at radius 3 is 2.29 bits per heavy atom. The van der Waals surface area contributed by atoms with Crippen LogP contribution in [0.1, 0.15) is 0 Å². The molecule has 0 atom stereocenters. The minimum Gasteiger partial charge on any atom is -0.496 e. The number of aromatic nitrogens is 2. The molecule has 0 spiro atoms. The molecule has 0 radical (unpaired) electrons. The van der Waals surface area contributed by atoms with Gasteiger partial charge in [-0.2, -0.15) is 0 Å². The molecule has 88 valence electrons. The minimum absolute atomic E-state index is 0.221. The van der Waals surface area contributed by atoms with E-state index in [1.54, 1.807) is 24.3 Å². The maximum absolute atomic E-state index is 13.2. The van der Waals surface area contributed by atoms with Crippen LogP contribution in [0.2, 0.25) is 10.3 Å². The van der Waals surface area contributed by atoms with Crippen molar-refractivity contribution in [1.82, 2.24) is 9.97 Å². The van der Waals surface area contributed by atoms with Gasteiger partial charge in [0.2, 0.25) is 0 Å². The molecule has 0 N–H and O–H groups in total. The fourth-order valence-corrected chi connectivity index (χ4v) is 1.73. The Labute approximate surface area is 107 Å². The second-order valence-corrected chi connectivity index (χ2v) is 3.86. The van der Waals surface area contributed by atoms with Gasteiger partial charge in [0.15, 0.2) is 21.9 Å². The predicted octanol–water partition coefficient (Wildman–Crippen LogP) is 3.60.